The number of esters is 1. The van der Waals surface area contributed by atoms with E-state index in [0.717, 1.165) is 10.9 Å². The first-order valence-electron chi connectivity index (χ1n) is 10.7. The van der Waals surface area contributed by atoms with Gasteiger partial charge in [0.25, 0.3) is 5.91 Å². The SMILES string of the molecule is COC(=O)c1ccc(F)c(CN(C(=O)c2cnc3ccccc3c2)[C@H](C)c2ccc(F)cc2)c1. The molecule has 0 aliphatic heterocycles. The summed E-state index contributed by atoms with van der Waals surface area (Å²) in [5.41, 5.74) is 2.08. The minimum Gasteiger partial charge on any atom is -0.465 e. The number of para-hydroxylation sites is 1. The largest absolute Gasteiger partial charge is 0.465 e. The lowest BCUT2D eigenvalue weighted by atomic mass is 10.0. The summed E-state index contributed by atoms with van der Waals surface area (Å²) >= 11 is 0. The molecule has 1 heterocycles. The van der Waals surface area contributed by atoms with Crippen LogP contribution in [-0.4, -0.2) is 28.9 Å². The fraction of sp³-hybridized carbons (Fsp3) is 0.148. The molecular formula is C27H22F2N2O3. The van der Waals surface area contributed by atoms with Crippen molar-refractivity contribution < 1.29 is 23.1 Å². The smallest absolute Gasteiger partial charge is 0.337 e. The van der Waals surface area contributed by atoms with Gasteiger partial charge in [0.05, 0.1) is 29.8 Å². The van der Waals surface area contributed by atoms with E-state index in [2.05, 4.69) is 4.98 Å². The third kappa shape index (κ3) is 4.78. The molecule has 0 unspecified atom stereocenters. The summed E-state index contributed by atoms with van der Waals surface area (Å²) in [6.07, 6.45) is 1.48. The average molecular weight is 460 g/mol. The van der Waals surface area contributed by atoms with Gasteiger partial charge in [0.15, 0.2) is 0 Å². The van der Waals surface area contributed by atoms with Crippen LogP contribution in [0.2, 0.25) is 0 Å². The van der Waals surface area contributed by atoms with Crippen LogP contribution in [0.15, 0.2) is 79.0 Å². The van der Waals surface area contributed by atoms with Gasteiger partial charge in [0.1, 0.15) is 11.6 Å². The zero-order valence-electron chi connectivity index (χ0n) is 18.7. The van der Waals surface area contributed by atoms with Crippen LogP contribution < -0.4 is 0 Å². The van der Waals surface area contributed by atoms with E-state index in [1.54, 1.807) is 25.1 Å². The quantitative estimate of drug-likeness (QED) is 0.346. The lowest BCUT2D eigenvalue weighted by molar-refractivity contribution is 0.0600. The van der Waals surface area contributed by atoms with E-state index in [1.807, 2.05) is 24.3 Å². The number of pyridine rings is 1. The van der Waals surface area contributed by atoms with Crippen molar-refractivity contribution in [2.45, 2.75) is 19.5 Å². The van der Waals surface area contributed by atoms with Crippen molar-refractivity contribution in [3.8, 4) is 0 Å². The number of carbonyl (C=O) groups is 2. The molecular weight excluding hydrogens is 438 g/mol. The van der Waals surface area contributed by atoms with Crippen LogP contribution in [-0.2, 0) is 11.3 Å². The third-order valence-corrected chi connectivity index (χ3v) is 5.73. The van der Waals surface area contributed by atoms with E-state index in [1.165, 1.54) is 48.5 Å². The van der Waals surface area contributed by atoms with Crippen LogP contribution in [0, 0.1) is 11.6 Å². The molecule has 0 radical (unpaired) electrons. The zero-order valence-corrected chi connectivity index (χ0v) is 18.7. The predicted octanol–water partition coefficient (Wildman–Crippen LogP) is 5.70. The van der Waals surface area contributed by atoms with Crippen molar-refractivity contribution in [3.63, 3.8) is 0 Å². The van der Waals surface area contributed by atoms with Gasteiger partial charge < -0.3 is 9.64 Å². The number of carbonyl (C=O) groups excluding carboxylic acids is 2. The molecule has 4 aromatic rings. The second kappa shape index (κ2) is 9.79. The summed E-state index contributed by atoms with van der Waals surface area (Å²) in [6.45, 7) is 1.66. The zero-order chi connectivity index (χ0) is 24.2. The topological polar surface area (TPSA) is 59.5 Å². The molecule has 3 aromatic carbocycles. The Morgan fingerprint density at radius 1 is 0.971 bits per heavy atom. The summed E-state index contributed by atoms with van der Waals surface area (Å²) in [6, 6.07) is 18.3. The number of aromatic nitrogens is 1. The number of rotatable bonds is 6. The van der Waals surface area contributed by atoms with Gasteiger partial charge in [-0.3, -0.25) is 9.78 Å². The van der Waals surface area contributed by atoms with E-state index >= 15 is 0 Å². The Bertz CT molecular complexity index is 1360. The standard InChI is InChI=1S/C27H22F2N2O3/c1-17(18-7-10-23(28)11-8-18)31(16-22-14-20(27(33)34-2)9-12-24(22)29)26(32)21-13-19-5-3-4-6-25(19)30-15-21/h3-15,17H,16H2,1-2H3/t17-/m1/s1. The van der Waals surface area contributed by atoms with Gasteiger partial charge in [-0.1, -0.05) is 30.3 Å². The van der Waals surface area contributed by atoms with Crippen molar-refractivity contribution in [2.75, 3.05) is 7.11 Å². The summed E-state index contributed by atoms with van der Waals surface area (Å²) in [7, 11) is 1.24. The van der Waals surface area contributed by atoms with Gasteiger partial charge in [-0.15, -0.1) is 0 Å². The Kier molecular flexibility index (Phi) is 6.63. The molecule has 0 saturated heterocycles. The summed E-state index contributed by atoms with van der Waals surface area (Å²) in [5, 5.41) is 0.793. The summed E-state index contributed by atoms with van der Waals surface area (Å²) < 4.78 is 33.0. The molecule has 0 bridgehead atoms. The van der Waals surface area contributed by atoms with Crippen molar-refractivity contribution in [2.24, 2.45) is 0 Å². The van der Waals surface area contributed by atoms with Gasteiger partial charge in [0.2, 0.25) is 0 Å². The number of halogens is 2. The second-order valence-electron chi connectivity index (χ2n) is 7.88. The highest BCUT2D eigenvalue weighted by molar-refractivity contribution is 5.97. The lowest BCUT2D eigenvalue weighted by Crippen LogP contribution is -2.33. The molecule has 0 N–H and O–H groups in total. The number of fused-ring (bicyclic) bond motifs is 1. The number of hydrogen-bond acceptors (Lipinski definition) is 4. The van der Waals surface area contributed by atoms with Gasteiger partial charge in [-0.05, 0) is 55.0 Å². The highest BCUT2D eigenvalue weighted by atomic mass is 19.1. The molecule has 34 heavy (non-hydrogen) atoms. The molecule has 0 fully saturated rings. The lowest BCUT2D eigenvalue weighted by Gasteiger charge is -2.30. The van der Waals surface area contributed by atoms with E-state index in [0.29, 0.717) is 11.1 Å². The van der Waals surface area contributed by atoms with Gasteiger partial charge in [-0.2, -0.15) is 0 Å². The van der Waals surface area contributed by atoms with Gasteiger partial charge in [-0.25, -0.2) is 13.6 Å². The molecule has 172 valence electrons. The third-order valence-electron chi connectivity index (χ3n) is 5.73. The summed E-state index contributed by atoms with van der Waals surface area (Å²) in [5.74, 6) is -1.94. The maximum atomic E-state index is 14.7. The highest BCUT2D eigenvalue weighted by Crippen LogP contribution is 2.27. The molecule has 1 atom stereocenters. The van der Waals surface area contributed by atoms with Crippen LogP contribution in [0.5, 0.6) is 0 Å². The number of benzene rings is 3. The number of nitrogens with zero attached hydrogens (tertiary/aromatic N) is 2. The number of ether oxygens (including phenoxy) is 1. The van der Waals surface area contributed by atoms with Crippen molar-refractivity contribution in [1.82, 2.24) is 9.88 Å². The Morgan fingerprint density at radius 2 is 1.71 bits per heavy atom. The van der Waals surface area contributed by atoms with Crippen molar-refractivity contribution >= 4 is 22.8 Å². The molecule has 0 spiro atoms. The maximum absolute atomic E-state index is 14.7. The van der Waals surface area contributed by atoms with Gasteiger partial charge >= 0.3 is 5.97 Å². The number of hydrogen-bond donors (Lipinski definition) is 0. The van der Waals surface area contributed by atoms with E-state index in [4.69, 9.17) is 4.74 Å². The molecule has 0 saturated carbocycles. The summed E-state index contributed by atoms with van der Waals surface area (Å²) in [4.78, 5) is 31.5. The van der Waals surface area contributed by atoms with Crippen LogP contribution >= 0.6 is 0 Å². The minimum absolute atomic E-state index is 0.124. The fourth-order valence-electron chi connectivity index (χ4n) is 3.78. The molecule has 5 nitrogen and oxygen atoms in total. The number of amides is 1. The first-order chi connectivity index (χ1) is 16.4. The normalized spacial score (nSPS) is 11.8. The molecule has 0 aliphatic rings. The van der Waals surface area contributed by atoms with Crippen LogP contribution in [0.4, 0.5) is 8.78 Å². The van der Waals surface area contributed by atoms with E-state index in [9.17, 15) is 18.4 Å². The molecule has 4 rings (SSSR count). The van der Waals surface area contributed by atoms with Crippen LogP contribution in [0.25, 0.3) is 10.9 Å². The first-order valence-corrected chi connectivity index (χ1v) is 10.7. The molecule has 0 aliphatic carbocycles. The molecule has 1 amide bonds. The Balaban J connectivity index is 1.75. The molecule has 1 aromatic heterocycles. The Hall–Kier alpha value is -4.13. The monoisotopic (exact) mass is 460 g/mol. The van der Waals surface area contributed by atoms with Gasteiger partial charge in [0, 0.05) is 23.7 Å². The highest BCUT2D eigenvalue weighted by Gasteiger charge is 2.25. The predicted molar refractivity (Wildman–Crippen MR) is 124 cm³/mol. The number of methoxy groups -OCH3 is 1. The van der Waals surface area contributed by atoms with E-state index < -0.39 is 23.6 Å². The maximum Gasteiger partial charge on any atom is 0.337 e. The molecule has 7 heteroatoms. The second-order valence-corrected chi connectivity index (χ2v) is 7.88. The average Bonchev–Trinajstić information content (AvgIpc) is 2.87. The van der Waals surface area contributed by atoms with E-state index in [-0.39, 0.29) is 23.6 Å². The van der Waals surface area contributed by atoms with Crippen LogP contribution in [0.3, 0.4) is 0 Å². The fourth-order valence-corrected chi connectivity index (χ4v) is 3.78. The first kappa shape index (κ1) is 23.0. The Morgan fingerprint density at radius 3 is 2.44 bits per heavy atom. The van der Waals surface area contributed by atoms with Crippen molar-refractivity contribution in [1.29, 1.82) is 0 Å². The Labute approximate surface area is 195 Å². The van der Waals surface area contributed by atoms with Crippen LogP contribution in [0.1, 0.15) is 44.8 Å². The minimum atomic E-state index is -0.607. The van der Waals surface area contributed by atoms with Crippen molar-refractivity contribution in [3.05, 3.63) is 113 Å².